The Labute approximate surface area is 59.5 Å². The van der Waals surface area contributed by atoms with Crippen LogP contribution >= 0.6 is 0 Å². The normalized spacial score (nSPS) is 9.70. The van der Waals surface area contributed by atoms with Crippen LogP contribution in [0.4, 0.5) is 5.69 Å². The first kappa shape index (κ1) is 6.86. The van der Waals surface area contributed by atoms with Crippen LogP contribution in [0.5, 0.6) is 5.75 Å². The van der Waals surface area contributed by atoms with Crippen molar-refractivity contribution in [3.8, 4) is 5.75 Å². The van der Waals surface area contributed by atoms with Crippen LogP contribution in [0.25, 0.3) is 0 Å². The topological polar surface area (TPSA) is 59.1 Å². The summed E-state index contributed by atoms with van der Waals surface area (Å²) in [7, 11) is 0. The lowest BCUT2D eigenvalue weighted by Gasteiger charge is -2.01. The van der Waals surface area contributed by atoms with Gasteiger partial charge in [-0.1, -0.05) is 6.92 Å². The molecule has 0 aliphatic rings. The molecule has 0 atom stereocenters. The minimum Gasteiger partial charge on any atom is -0.504 e. The van der Waals surface area contributed by atoms with Crippen molar-refractivity contribution in [1.29, 1.82) is 0 Å². The summed E-state index contributed by atoms with van der Waals surface area (Å²) in [6.07, 6.45) is 2.30. The molecule has 0 aliphatic heterocycles. The Kier molecular flexibility index (Phi) is 1.76. The molecule has 0 amide bonds. The molecule has 3 nitrogen and oxygen atoms in total. The molecule has 0 aromatic carbocycles. The summed E-state index contributed by atoms with van der Waals surface area (Å²) < 4.78 is 0. The van der Waals surface area contributed by atoms with Gasteiger partial charge in [-0.15, -0.1) is 0 Å². The number of aromatic nitrogens is 1. The maximum absolute atomic E-state index is 9.21. The van der Waals surface area contributed by atoms with Crippen molar-refractivity contribution in [2.24, 2.45) is 0 Å². The molecule has 1 aromatic rings. The molecule has 1 aromatic heterocycles. The van der Waals surface area contributed by atoms with E-state index >= 15 is 0 Å². The average molecular weight is 138 g/mol. The van der Waals surface area contributed by atoms with Crippen molar-refractivity contribution in [2.75, 3.05) is 5.73 Å². The zero-order valence-corrected chi connectivity index (χ0v) is 5.83. The molecule has 0 fully saturated rings. The monoisotopic (exact) mass is 138 g/mol. The van der Waals surface area contributed by atoms with Gasteiger partial charge in [-0.3, -0.25) is 4.98 Å². The van der Waals surface area contributed by atoms with Crippen LogP contribution in [0.3, 0.4) is 0 Å². The third-order valence-corrected chi connectivity index (χ3v) is 1.37. The first-order valence-corrected chi connectivity index (χ1v) is 3.18. The van der Waals surface area contributed by atoms with E-state index in [1.54, 1.807) is 12.3 Å². The quantitative estimate of drug-likeness (QED) is 0.607. The summed E-state index contributed by atoms with van der Waals surface area (Å²) in [5, 5.41) is 9.21. The molecule has 3 heteroatoms. The van der Waals surface area contributed by atoms with Gasteiger partial charge in [-0.2, -0.15) is 0 Å². The third-order valence-electron chi connectivity index (χ3n) is 1.37. The number of anilines is 1. The number of hydrogen-bond donors (Lipinski definition) is 2. The summed E-state index contributed by atoms with van der Waals surface area (Å²) in [5.74, 6) is 0.116. The van der Waals surface area contributed by atoms with E-state index in [-0.39, 0.29) is 5.75 Å². The fourth-order valence-corrected chi connectivity index (χ4v) is 0.773. The number of pyridine rings is 1. The maximum atomic E-state index is 9.21. The summed E-state index contributed by atoms with van der Waals surface area (Å²) in [5.41, 5.74) is 6.45. The third kappa shape index (κ3) is 1.03. The molecular formula is C7H10N2O. The molecule has 0 aliphatic carbocycles. The van der Waals surface area contributed by atoms with Gasteiger partial charge in [0.25, 0.3) is 0 Å². The standard InChI is InChI=1S/C7H10N2O/c1-2-6-7(10)5(8)3-4-9-6/h3-4,10H,2H2,1H3,(H2,8,9). The zero-order valence-electron chi connectivity index (χ0n) is 5.83. The van der Waals surface area contributed by atoms with Gasteiger partial charge in [0.15, 0.2) is 5.75 Å². The zero-order chi connectivity index (χ0) is 7.56. The molecule has 0 spiro atoms. The number of rotatable bonds is 1. The SMILES string of the molecule is CCc1nccc(N)c1O. The van der Waals surface area contributed by atoms with E-state index in [0.29, 0.717) is 17.8 Å². The van der Waals surface area contributed by atoms with Crippen molar-refractivity contribution >= 4 is 5.69 Å². The molecular weight excluding hydrogens is 128 g/mol. The Hall–Kier alpha value is -1.25. The number of aromatic hydroxyl groups is 1. The van der Waals surface area contributed by atoms with Crippen molar-refractivity contribution in [3.63, 3.8) is 0 Å². The summed E-state index contributed by atoms with van der Waals surface area (Å²) in [6.45, 7) is 1.92. The molecule has 0 bridgehead atoms. The Bertz CT molecular complexity index is 235. The molecule has 1 heterocycles. The average Bonchev–Trinajstić information content (AvgIpc) is 1.95. The number of nitrogen functional groups attached to an aromatic ring is 1. The number of nitrogens with zero attached hydrogens (tertiary/aromatic N) is 1. The summed E-state index contributed by atoms with van der Waals surface area (Å²) >= 11 is 0. The van der Waals surface area contributed by atoms with Crippen molar-refractivity contribution in [3.05, 3.63) is 18.0 Å². The van der Waals surface area contributed by atoms with Crippen LogP contribution in [-0.4, -0.2) is 10.1 Å². The predicted molar refractivity (Wildman–Crippen MR) is 39.7 cm³/mol. The highest BCUT2D eigenvalue weighted by molar-refractivity contribution is 5.52. The highest BCUT2D eigenvalue weighted by Gasteiger charge is 2.01. The molecule has 0 saturated heterocycles. The molecule has 0 radical (unpaired) electrons. The Morgan fingerprint density at radius 2 is 2.40 bits per heavy atom. The molecule has 3 N–H and O–H groups in total. The molecule has 1 rings (SSSR count). The van der Waals surface area contributed by atoms with Crippen molar-refractivity contribution in [2.45, 2.75) is 13.3 Å². The number of aryl methyl sites for hydroxylation is 1. The maximum Gasteiger partial charge on any atom is 0.160 e. The van der Waals surface area contributed by atoms with Gasteiger partial charge in [0.05, 0.1) is 11.4 Å². The number of hydrogen-bond acceptors (Lipinski definition) is 3. The van der Waals surface area contributed by atoms with E-state index in [1.807, 2.05) is 6.92 Å². The van der Waals surface area contributed by atoms with Crippen LogP contribution in [-0.2, 0) is 6.42 Å². The van der Waals surface area contributed by atoms with Crippen LogP contribution < -0.4 is 5.73 Å². The summed E-state index contributed by atoms with van der Waals surface area (Å²) in [4.78, 5) is 3.93. The lowest BCUT2D eigenvalue weighted by molar-refractivity contribution is 0.467. The molecule has 0 saturated carbocycles. The van der Waals surface area contributed by atoms with Gasteiger partial charge in [0, 0.05) is 6.20 Å². The molecule has 10 heavy (non-hydrogen) atoms. The van der Waals surface area contributed by atoms with E-state index in [1.165, 1.54) is 0 Å². The smallest absolute Gasteiger partial charge is 0.160 e. The van der Waals surface area contributed by atoms with E-state index in [2.05, 4.69) is 4.98 Å². The Balaban J connectivity index is 3.14. The minimum atomic E-state index is 0.116. The second kappa shape index (κ2) is 2.56. The van der Waals surface area contributed by atoms with Gasteiger partial charge >= 0.3 is 0 Å². The lowest BCUT2D eigenvalue weighted by atomic mass is 10.2. The second-order valence-corrected chi connectivity index (χ2v) is 2.05. The van der Waals surface area contributed by atoms with Gasteiger partial charge in [-0.05, 0) is 12.5 Å². The van der Waals surface area contributed by atoms with Crippen LogP contribution in [0, 0.1) is 0 Å². The minimum absolute atomic E-state index is 0.116. The van der Waals surface area contributed by atoms with Crippen molar-refractivity contribution < 1.29 is 5.11 Å². The second-order valence-electron chi connectivity index (χ2n) is 2.05. The lowest BCUT2D eigenvalue weighted by Crippen LogP contribution is -1.92. The van der Waals surface area contributed by atoms with E-state index < -0.39 is 0 Å². The van der Waals surface area contributed by atoms with E-state index in [4.69, 9.17) is 5.73 Å². The van der Waals surface area contributed by atoms with Gasteiger partial charge < -0.3 is 10.8 Å². The van der Waals surface area contributed by atoms with Crippen molar-refractivity contribution in [1.82, 2.24) is 4.98 Å². The fourth-order valence-electron chi connectivity index (χ4n) is 0.773. The van der Waals surface area contributed by atoms with Gasteiger partial charge in [-0.25, -0.2) is 0 Å². The highest BCUT2D eigenvalue weighted by atomic mass is 16.3. The predicted octanol–water partition coefficient (Wildman–Crippen LogP) is 0.932. The summed E-state index contributed by atoms with van der Waals surface area (Å²) in [6, 6.07) is 1.58. The van der Waals surface area contributed by atoms with Crippen LogP contribution in [0.1, 0.15) is 12.6 Å². The highest BCUT2D eigenvalue weighted by Crippen LogP contribution is 2.21. The first-order chi connectivity index (χ1) is 4.75. The van der Waals surface area contributed by atoms with E-state index in [9.17, 15) is 5.11 Å². The van der Waals surface area contributed by atoms with Crippen LogP contribution in [0.2, 0.25) is 0 Å². The first-order valence-electron chi connectivity index (χ1n) is 3.18. The Morgan fingerprint density at radius 3 is 2.90 bits per heavy atom. The number of nitrogens with two attached hydrogens (primary N) is 1. The largest absolute Gasteiger partial charge is 0.504 e. The molecule has 54 valence electrons. The van der Waals surface area contributed by atoms with Crippen LogP contribution in [0.15, 0.2) is 12.3 Å². The Morgan fingerprint density at radius 1 is 1.70 bits per heavy atom. The van der Waals surface area contributed by atoms with E-state index in [0.717, 1.165) is 0 Å². The molecule has 0 unspecified atom stereocenters. The van der Waals surface area contributed by atoms with Gasteiger partial charge in [0.1, 0.15) is 0 Å². The fraction of sp³-hybridized carbons (Fsp3) is 0.286. The van der Waals surface area contributed by atoms with Gasteiger partial charge in [0.2, 0.25) is 0 Å².